The molecule has 1 fully saturated rings. The lowest BCUT2D eigenvalue weighted by atomic mass is 10.0. The van der Waals surface area contributed by atoms with Gasteiger partial charge in [0.05, 0.1) is 6.54 Å². The van der Waals surface area contributed by atoms with Gasteiger partial charge in [-0.2, -0.15) is 0 Å². The van der Waals surface area contributed by atoms with E-state index in [0.717, 1.165) is 5.56 Å². The van der Waals surface area contributed by atoms with Crippen molar-refractivity contribution < 1.29 is 19.1 Å². The first-order valence-electron chi connectivity index (χ1n) is 8.34. The van der Waals surface area contributed by atoms with E-state index in [-0.39, 0.29) is 37.6 Å². The van der Waals surface area contributed by atoms with Crippen LogP contribution in [0.2, 0.25) is 0 Å². The maximum absolute atomic E-state index is 12.2. The highest BCUT2D eigenvalue weighted by Gasteiger charge is 2.32. The molecule has 1 atom stereocenters. The summed E-state index contributed by atoms with van der Waals surface area (Å²) < 4.78 is 5.29. The van der Waals surface area contributed by atoms with Crippen LogP contribution < -0.4 is 5.32 Å². The van der Waals surface area contributed by atoms with Crippen molar-refractivity contribution in [3.8, 4) is 0 Å². The summed E-state index contributed by atoms with van der Waals surface area (Å²) in [5.41, 5.74) is 1.11. The standard InChI is InChI=1S/C19H19N3O4/c23-17-9-11-22(19(25)26-13-14-6-2-1-3-7-14)12-16(17)21-18(24)15-8-4-5-10-20-15/h1-8,10,16H,9,11-13H2,(H,21,24)/t16-/m1/s1. The van der Waals surface area contributed by atoms with Gasteiger partial charge < -0.3 is 15.0 Å². The molecule has 1 aromatic heterocycles. The van der Waals surface area contributed by atoms with Crippen LogP contribution in [-0.2, 0) is 16.1 Å². The third-order valence-electron chi connectivity index (χ3n) is 4.09. The molecular formula is C19H19N3O4. The molecule has 2 amide bonds. The Hall–Kier alpha value is -3.22. The fourth-order valence-corrected chi connectivity index (χ4v) is 2.66. The maximum Gasteiger partial charge on any atom is 0.410 e. The van der Waals surface area contributed by atoms with Crippen LogP contribution in [0.5, 0.6) is 0 Å². The van der Waals surface area contributed by atoms with E-state index in [1.54, 1.807) is 18.2 Å². The number of amides is 2. The molecule has 1 aliphatic heterocycles. The number of piperidine rings is 1. The Labute approximate surface area is 151 Å². The zero-order valence-corrected chi connectivity index (χ0v) is 14.1. The summed E-state index contributed by atoms with van der Waals surface area (Å²) in [6.07, 6.45) is 1.18. The minimum atomic E-state index is -0.762. The molecule has 1 N–H and O–H groups in total. The van der Waals surface area contributed by atoms with Crippen LogP contribution >= 0.6 is 0 Å². The van der Waals surface area contributed by atoms with Crippen LogP contribution in [0.15, 0.2) is 54.7 Å². The number of aromatic nitrogens is 1. The number of benzene rings is 1. The van der Waals surface area contributed by atoms with Crippen molar-refractivity contribution in [2.24, 2.45) is 0 Å². The molecule has 26 heavy (non-hydrogen) atoms. The number of Topliss-reactive ketones (excluding diaryl/α,β-unsaturated/α-hetero) is 1. The average molecular weight is 353 g/mol. The first kappa shape index (κ1) is 17.6. The van der Waals surface area contributed by atoms with Crippen LogP contribution in [0.4, 0.5) is 4.79 Å². The predicted octanol–water partition coefficient (Wildman–Crippen LogP) is 1.79. The number of likely N-dealkylation sites (tertiary alicyclic amines) is 1. The van der Waals surface area contributed by atoms with Gasteiger partial charge in [-0.25, -0.2) is 4.79 Å². The molecule has 0 bridgehead atoms. The van der Waals surface area contributed by atoms with E-state index in [4.69, 9.17) is 4.74 Å². The Kier molecular flexibility index (Phi) is 5.58. The number of ketones is 1. The Balaban J connectivity index is 1.56. The topological polar surface area (TPSA) is 88.6 Å². The third-order valence-corrected chi connectivity index (χ3v) is 4.09. The Morgan fingerprint density at radius 2 is 1.92 bits per heavy atom. The molecule has 3 rings (SSSR count). The van der Waals surface area contributed by atoms with E-state index >= 15 is 0 Å². The summed E-state index contributed by atoms with van der Waals surface area (Å²) in [7, 11) is 0. The monoisotopic (exact) mass is 353 g/mol. The molecule has 7 nitrogen and oxygen atoms in total. The minimum Gasteiger partial charge on any atom is -0.445 e. The lowest BCUT2D eigenvalue weighted by Gasteiger charge is -2.31. The fraction of sp³-hybridized carbons (Fsp3) is 0.263. The van der Waals surface area contributed by atoms with Gasteiger partial charge in [-0.1, -0.05) is 36.4 Å². The van der Waals surface area contributed by atoms with Crippen molar-refractivity contribution in [3.63, 3.8) is 0 Å². The fourth-order valence-electron chi connectivity index (χ4n) is 2.66. The van der Waals surface area contributed by atoms with Gasteiger partial charge in [-0.3, -0.25) is 14.6 Å². The number of nitrogens with one attached hydrogen (secondary N) is 1. The minimum absolute atomic E-state index is 0.0883. The summed E-state index contributed by atoms with van der Waals surface area (Å²) >= 11 is 0. The molecule has 0 saturated carbocycles. The maximum atomic E-state index is 12.2. The summed E-state index contributed by atoms with van der Waals surface area (Å²) in [4.78, 5) is 41.9. The molecule has 134 valence electrons. The lowest BCUT2D eigenvalue weighted by Crippen LogP contribution is -2.54. The van der Waals surface area contributed by atoms with Gasteiger partial charge in [0.15, 0.2) is 5.78 Å². The third kappa shape index (κ3) is 4.44. The Bertz CT molecular complexity index is 780. The van der Waals surface area contributed by atoms with Crippen molar-refractivity contribution in [3.05, 3.63) is 66.0 Å². The second kappa shape index (κ2) is 8.24. The van der Waals surface area contributed by atoms with Gasteiger partial charge in [0.25, 0.3) is 5.91 Å². The lowest BCUT2D eigenvalue weighted by molar-refractivity contribution is -0.123. The molecule has 1 saturated heterocycles. The van der Waals surface area contributed by atoms with Gasteiger partial charge in [-0.05, 0) is 17.7 Å². The highest BCUT2D eigenvalue weighted by atomic mass is 16.6. The van der Waals surface area contributed by atoms with Gasteiger partial charge in [0.1, 0.15) is 18.3 Å². The van der Waals surface area contributed by atoms with Gasteiger partial charge in [-0.15, -0.1) is 0 Å². The van der Waals surface area contributed by atoms with E-state index in [9.17, 15) is 14.4 Å². The smallest absolute Gasteiger partial charge is 0.410 e. The van der Waals surface area contributed by atoms with Crippen LogP contribution in [0.25, 0.3) is 0 Å². The van der Waals surface area contributed by atoms with E-state index in [2.05, 4.69) is 10.3 Å². The molecule has 7 heteroatoms. The molecule has 1 aliphatic rings. The second-order valence-electron chi connectivity index (χ2n) is 5.94. The van der Waals surface area contributed by atoms with E-state index in [1.165, 1.54) is 11.1 Å². The highest BCUT2D eigenvalue weighted by Crippen LogP contribution is 2.11. The number of hydrogen-bond acceptors (Lipinski definition) is 5. The Morgan fingerprint density at radius 1 is 1.15 bits per heavy atom. The van der Waals surface area contributed by atoms with Gasteiger partial charge >= 0.3 is 6.09 Å². The van der Waals surface area contributed by atoms with Crippen molar-refractivity contribution in [1.82, 2.24) is 15.2 Å². The number of hydrogen-bond donors (Lipinski definition) is 1. The average Bonchev–Trinajstić information content (AvgIpc) is 2.69. The zero-order valence-electron chi connectivity index (χ0n) is 14.1. The quantitative estimate of drug-likeness (QED) is 0.905. The van der Waals surface area contributed by atoms with Crippen LogP contribution in [0, 0.1) is 0 Å². The first-order valence-corrected chi connectivity index (χ1v) is 8.34. The molecular weight excluding hydrogens is 334 g/mol. The van der Waals surface area contributed by atoms with Gasteiger partial charge in [0.2, 0.25) is 0 Å². The Morgan fingerprint density at radius 3 is 2.65 bits per heavy atom. The van der Waals surface area contributed by atoms with Crippen molar-refractivity contribution in [1.29, 1.82) is 0 Å². The van der Waals surface area contributed by atoms with E-state index < -0.39 is 18.0 Å². The number of pyridine rings is 1. The van der Waals surface area contributed by atoms with Crippen molar-refractivity contribution in [2.45, 2.75) is 19.1 Å². The molecule has 0 unspecified atom stereocenters. The van der Waals surface area contributed by atoms with E-state index in [0.29, 0.717) is 0 Å². The van der Waals surface area contributed by atoms with E-state index in [1.807, 2.05) is 30.3 Å². The summed E-state index contributed by atoms with van der Waals surface area (Å²) in [5, 5.41) is 2.64. The highest BCUT2D eigenvalue weighted by molar-refractivity contribution is 5.97. The number of ether oxygens (including phenoxy) is 1. The molecule has 2 aromatic rings. The number of carbonyl (C=O) groups excluding carboxylic acids is 3. The number of nitrogens with zero attached hydrogens (tertiary/aromatic N) is 2. The normalized spacial score (nSPS) is 16.8. The number of carbonyl (C=O) groups is 3. The first-order chi connectivity index (χ1) is 12.6. The second-order valence-corrected chi connectivity index (χ2v) is 5.94. The van der Waals surface area contributed by atoms with Crippen LogP contribution in [0.3, 0.4) is 0 Å². The molecule has 0 radical (unpaired) electrons. The van der Waals surface area contributed by atoms with Crippen molar-refractivity contribution in [2.75, 3.05) is 13.1 Å². The molecule has 1 aromatic carbocycles. The molecule has 0 aliphatic carbocycles. The number of rotatable bonds is 4. The summed E-state index contributed by atoms with van der Waals surface area (Å²) in [6.45, 7) is 0.530. The van der Waals surface area contributed by atoms with Crippen LogP contribution in [-0.4, -0.2) is 46.8 Å². The molecule has 0 spiro atoms. The SMILES string of the molecule is O=C(N[C@@H]1CN(C(=O)OCc2ccccc2)CCC1=O)c1ccccn1. The predicted molar refractivity (Wildman–Crippen MR) is 93.3 cm³/mol. The largest absolute Gasteiger partial charge is 0.445 e. The van der Waals surface area contributed by atoms with Crippen LogP contribution in [0.1, 0.15) is 22.5 Å². The molecule has 2 heterocycles. The summed E-state index contributed by atoms with van der Waals surface area (Å²) in [5.74, 6) is -0.551. The van der Waals surface area contributed by atoms with Crippen molar-refractivity contribution >= 4 is 17.8 Å². The zero-order chi connectivity index (χ0) is 18.4. The summed E-state index contributed by atoms with van der Waals surface area (Å²) in [6, 6.07) is 13.5. The van der Waals surface area contributed by atoms with Gasteiger partial charge in [0, 0.05) is 19.2 Å².